The van der Waals surface area contributed by atoms with Crippen molar-refractivity contribution in [2.24, 2.45) is 0 Å². The first-order chi connectivity index (χ1) is 6.58. The lowest BCUT2D eigenvalue weighted by Gasteiger charge is -2.33. The Morgan fingerprint density at radius 2 is 2.00 bits per heavy atom. The Morgan fingerprint density at radius 1 is 1.36 bits per heavy atom. The van der Waals surface area contributed by atoms with Gasteiger partial charge in [-0.2, -0.15) is 0 Å². The second-order valence-electron chi connectivity index (χ2n) is 2.97. The van der Waals surface area contributed by atoms with Crippen LogP contribution >= 0.6 is 0 Å². The molecule has 0 saturated carbocycles. The molecule has 0 aromatic heterocycles. The van der Waals surface area contributed by atoms with E-state index in [1.807, 2.05) is 0 Å². The lowest BCUT2D eigenvalue weighted by Crippen LogP contribution is -2.46. The van der Waals surface area contributed by atoms with Crippen LogP contribution in [0.5, 0.6) is 0 Å². The number of hydrogen-bond donors (Lipinski definition) is 2. The number of carboxylic acid groups (broad SMARTS) is 1. The zero-order valence-electron chi connectivity index (χ0n) is 7.86. The number of aliphatic carboxylic acids is 1. The lowest BCUT2D eigenvalue weighted by atomic mass is 10.3. The van der Waals surface area contributed by atoms with E-state index >= 15 is 0 Å². The highest BCUT2D eigenvalue weighted by molar-refractivity contribution is 5.80. The summed E-state index contributed by atoms with van der Waals surface area (Å²) < 4.78 is 10.1. The van der Waals surface area contributed by atoms with Gasteiger partial charge in [0.2, 0.25) is 5.91 Å². The van der Waals surface area contributed by atoms with E-state index in [-0.39, 0.29) is 31.6 Å². The van der Waals surface area contributed by atoms with Crippen molar-refractivity contribution in [3.63, 3.8) is 0 Å². The van der Waals surface area contributed by atoms with E-state index in [0.29, 0.717) is 0 Å². The fraction of sp³-hybridized carbons (Fsp3) is 0.750. The molecule has 0 aliphatic carbocycles. The van der Waals surface area contributed by atoms with Crippen molar-refractivity contribution in [2.45, 2.75) is 32.3 Å². The first kappa shape index (κ1) is 10.9. The topological polar surface area (TPSA) is 84.9 Å². The Labute approximate surface area is 81.2 Å². The summed E-state index contributed by atoms with van der Waals surface area (Å²) in [6, 6.07) is 0. The van der Waals surface area contributed by atoms with E-state index in [0.717, 1.165) is 0 Å². The highest BCUT2D eigenvalue weighted by Crippen LogP contribution is 2.14. The SMILES string of the molecule is CC1OC(CNC(=O)CCC(=O)O)O1. The van der Waals surface area contributed by atoms with Crippen LogP contribution in [-0.2, 0) is 19.1 Å². The fourth-order valence-corrected chi connectivity index (χ4v) is 1.04. The van der Waals surface area contributed by atoms with Gasteiger partial charge in [-0.1, -0.05) is 0 Å². The van der Waals surface area contributed by atoms with Crippen molar-refractivity contribution < 1.29 is 24.2 Å². The molecule has 1 saturated heterocycles. The Hall–Kier alpha value is -1.14. The molecule has 0 atom stereocenters. The van der Waals surface area contributed by atoms with E-state index in [1.54, 1.807) is 6.92 Å². The normalized spacial score (nSPS) is 25.2. The van der Waals surface area contributed by atoms with Gasteiger partial charge in [0.1, 0.15) is 0 Å². The fourth-order valence-electron chi connectivity index (χ4n) is 1.04. The molecule has 1 aliphatic heterocycles. The van der Waals surface area contributed by atoms with Crippen LogP contribution in [0, 0.1) is 0 Å². The molecule has 1 aliphatic rings. The predicted octanol–water partition coefficient (Wildman–Crippen LogP) is -0.314. The van der Waals surface area contributed by atoms with Gasteiger partial charge in [-0.15, -0.1) is 0 Å². The van der Waals surface area contributed by atoms with Gasteiger partial charge in [0.25, 0.3) is 0 Å². The first-order valence-corrected chi connectivity index (χ1v) is 4.37. The summed E-state index contributed by atoms with van der Waals surface area (Å²) in [6.07, 6.45) is -0.777. The number of hydrogen-bond acceptors (Lipinski definition) is 4. The molecule has 0 radical (unpaired) electrons. The van der Waals surface area contributed by atoms with Crippen LogP contribution in [0.3, 0.4) is 0 Å². The quantitative estimate of drug-likeness (QED) is 0.640. The Balaban J connectivity index is 2.01. The van der Waals surface area contributed by atoms with Gasteiger partial charge in [0, 0.05) is 6.42 Å². The summed E-state index contributed by atoms with van der Waals surface area (Å²) in [5, 5.41) is 10.8. The largest absolute Gasteiger partial charge is 0.481 e. The van der Waals surface area contributed by atoms with E-state index < -0.39 is 12.3 Å². The molecule has 0 spiro atoms. The molecule has 1 heterocycles. The molecule has 1 fully saturated rings. The average molecular weight is 203 g/mol. The minimum atomic E-state index is -0.982. The molecule has 0 unspecified atom stereocenters. The smallest absolute Gasteiger partial charge is 0.303 e. The number of carbonyl (C=O) groups excluding carboxylic acids is 1. The number of ether oxygens (including phenoxy) is 2. The molecule has 0 bridgehead atoms. The molecular weight excluding hydrogens is 190 g/mol. The summed E-state index contributed by atoms with van der Waals surface area (Å²) >= 11 is 0. The third-order valence-electron chi connectivity index (χ3n) is 1.72. The first-order valence-electron chi connectivity index (χ1n) is 4.37. The number of carbonyl (C=O) groups is 2. The van der Waals surface area contributed by atoms with Crippen molar-refractivity contribution in [1.82, 2.24) is 5.32 Å². The molecular formula is C8H13NO5. The van der Waals surface area contributed by atoms with Crippen molar-refractivity contribution in [2.75, 3.05) is 6.54 Å². The lowest BCUT2D eigenvalue weighted by molar-refractivity contribution is -0.372. The maximum Gasteiger partial charge on any atom is 0.303 e. The molecule has 14 heavy (non-hydrogen) atoms. The zero-order valence-corrected chi connectivity index (χ0v) is 7.86. The van der Waals surface area contributed by atoms with Gasteiger partial charge >= 0.3 is 5.97 Å². The molecule has 0 aromatic rings. The van der Waals surface area contributed by atoms with Gasteiger partial charge in [-0.3, -0.25) is 9.59 Å². The van der Waals surface area contributed by atoms with Crippen LogP contribution in [0.1, 0.15) is 19.8 Å². The number of amides is 1. The van der Waals surface area contributed by atoms with Crippen LogP contribution in [0.15, 0.2) is 0 Å². The van der Waals surface area contributed by atoms with Crippen LogP contribution < -0.4 is 5.32 Å². The van der Waals surface area contributed by atoms with Gasteiger partial charge in [0.05, 0.1) is 13.0 Å². The molecule has 6 nitrogen and oxygen atoms in total. The van der Waals surface area contributed by atoms with E-state index in [2.05, 4.69) is 5.32 Å². The Kier molecular flexibility index (Phi) is 3.84. The van der Waals surface area contributed by atoms with E-state index in [4.69, 9.17) is 14.6 Å². The third kappa shape index (κ3) is 3.71. The van der Waals surface area contributed by atoms with Crippen molar-refractivity contribution in [1.29, 1.82) is 0 Å². The minimum Gasteiger partial charge on any atom is -0.481 e. The van der Waals surface area contributed by atoms with Crippen LogP contribution in [0.4, 0.5) is 0 Å². The zero-order chi connectivity index (χ0) is 10.6. The monoisotopic (exact) mass is 203 g/mol. The second kappa shape index (κ2) is 4.92. The van der Waals surface area contributed by atoms with Crippen molar-refractivity contribution in [3.05, 3.63) is 0 Å². The molecule has 1 amide bonds. The van der Waals surface area contributed by atoms with Crippen molar-refractivity contribution >= 4 is 11.9 Å². The minimum absolute atomic E-state index is 0.0163. The number of carboxylic acids is 1. The van der Waals surface area contributed by atoms with Crippen LogP contribution in [-0.4, -0.2) is 36.1 Å². The third-order valence-corrected chi connectivity index (χ3v) is 1.72. The van der Waals surface area contributed by atoms with Gasteiger partial charge in [0.15, 0.2) is 12.6 Å². The maximum absolute atomic E-state index is 11.0. The van der Waals surface area contributed by atoms with Crippen LogP contribution in [0.2, 0.25) is 0 Å². The molecule has 2 N–H and O–H groups in total. The van der Waals surface area contributed by atoms with E-state index in [1.165, 1.54) is 0 Å². The summed E-state index contributed by atoms with van der Waals surface area (Å²) in [6.45, 7) is 2.02. The second-order valence-corrected chi connectivity index (χ2v) is 2.97. The molecule has 6 heteroatoms. The molecule has 0 aromatic carbocycles. The number of nitrogens with one attached hydrogen (secondary N) is 1. The highest BCUT2D eigenvalue weighted by atomic mass is 16.9. The predicted molar refractivity (Wildman–Crippen MR) is 45.3 cm³/mol. The molecule has 80 valence electrons. The Bertz CT molecular complexity index is 224. The highest BCUT2D eigenvalue weighted by Gasteiger charge is 2.26. The van der Waals surface area contributed by atoms with Gasteiger partial charge in [-0.25, -0.2) is 0 Å². The number of rotatable bonds is 5. The Morgan fingerprint density at radius 3 is 2.50 bits per heavy atom. The van der Waals surface area contributed by atoms with Gasteiger partial charge < -0.3 is 19.9 Å². The average Bonchev–Trinajstić information content (AvgIpc) is 2.07. The van der Waals surface area contributed by atoms with Crippen LogP contribution in [0.25, 0.3) is 0 Å². The summed E-state index contributed by atoms with van der Waals surface area (Å²) in [5.74, 6) is -1.29. The molecule has 1 rings (SSSR count). The summed E-state index contributed by atoms with van der Waals surface area (Å²) in [5.41, 5.74) is 0. The summed E-state index contributed by atoms with van der Waals surface area (Å²) in [7, 11) is 0. The standard InChI is InChI=1S/C8H13NO5/c1-5-13-8(14-5)4-9-6(10)2-3-7(11)12/h5,8H,2-4H2,1H3,(H,9,10)(H,11,12). The maximum atomic E-state index is 11.0. The van der Waals surface area contributed by atoms with E-state index in [9.17, 15) is 9.59 Å². The van der Waals surface area contributed by atoms with Gasteiger partial charge in [-0.05, 0) is 6.92 Å². The summed E-state index contributed by atoms with van der Waals surface area (Å²) in [4.78, 5) is 21.1. The van der Waals surface area contributed by atoms with Crippen molar-refractivity contribution in [3.8, 4) is 0 Å².